The molecule has 1 atom stereocenters. The maximum atomic E-state index is 14.2. The summed E-state index contributed by atoms with van der Waals surface area (Å²) in [6.45, 7) is 7.71. The Hall–Kier alpha value is -3.35. The van der Waals surface area contributed by atoms with Crippen LogP contribution in [-0.4, -0.2) is 41.0 Å². The summed E-state index contributed by atoms with van der Waals surface area (Å²) in [4.78, 5) is 11.3. The predicted octanol–water partition coefficient (Wildman–Crippen LogP) is 6.40. The molecule has 1 saturated heterocycles. The molecule has 0 saturated carbocycles. The Morgan fingerprint density at radius 1 is 0.865 bits per heavy atom. The van der Waals surface area contributed by atoms with E-state index in [1.807, 2.05) is 42.5 Å². The van der Waals surface area contributed by atoms with Gasteiger partial charge in [-0.3, -0.25) is 4.90 Å². The standard InChI is InChI=1S/C31H34F2N4/c1-3-17-31(24-9-13-26(32)14-10-24,25-11-15-27(33)16-12-25)29(37-20-18-34-19-21-37)28-22(2)35-30(36-28)23-7-5-4-6-8-23/h4-16,29,34H,3,17-21H2,1-2H3,(H,35,36). The highest BCUT2D eigenvalue weighted by atomic mass is 19.1. The highest BCUT2D eigenvalue weighted by molar-refractivity contribution is 5.56. The molecule has 4 aromatic rings. The summed E-state index contributed by atoms with van der Waals surface area (Å²) in [6, 6.07) is 23.7. The molecule has 37 heavy (non-hydrogen) atoms. The summed E-state index contributed by atoms with van der Waals surface area (Å²) < 4.78 is 28.3. The topological polar surface area (TPSA) is 44.0 Å². The molecular formula is C31H34F2N4. The van der Waals surface area contributed by atoms with E-state index in [-0.39, 0.29) is 17.7 Å². The second-order valence-corrected chi connectivity index (χ2v) is 9.89. The van der Waals surface area contributed by atoms with Gasteiger partial charge in [0.25, 0.3) is 0 Å². The van der Waals surface area contributed by atoms with E-state index in [9.17, 15) is 8.78 Å². The van der Waals surface area contributed by atoms with Gasteiger partial charge in [0.15, 0.2) is 0 Å². The number of aryl methyl sites for hydroxylation is 1. The highest BCUT2D eigenvalue weighted by Gasteiger charge is 2.47. The number of nitrogens with one attached hydrogen (secondary N) is 2. The Morgan fingerprint density at radius 3 is 1.97 bits per heavy atom. The number of imidazole rings is 1. The number of hydrogen-bond donors (Lipinski definition) is 2. The van der Waals surface area contributed by atoms with Gasteiger partial charge in [0, 0.05) is 42.9 Å². The Labute approximate surface area is 217 Å². The summed E-state index contributed by atoms with van der Waals surface area (Å²) in [6.07, 6.45) is 1.69. The van der Waals surface area contributed by atoms with E-state index in [2.05, 4.69) is 41.2 Å². The van der Waals surface area contributed by atoms with Crippen molar-refractivity contribution in [3.8, 4) is 11.4 Å². The number of nitrogens with zero attached hydrogens (tertiary/aromatic N) is 2. The van der Waals surface area contributed by atoms with Gasteiger partial charge in [-0.05, 0) is 48.7 Å². The molecule has 3 aromatic carbocycles. The van der Waals surface area contributed by atoms with Crippen LogP contribution in [0.15, 0.2) is 78.9 Å². The second-order valence-electron chi connectivity index (χ2n) is 9.89. The van der Waals surface area contributed by atoms with Crippen molar-refractivity contribution in [1.29, 1.82) is 0 Å². The lowest BCUT2D eigenvalue weighted by Crippen LogP contribution is -2.52. The number of halogens is 2. The van der Waals surface area contributed by atoms with E-state index in [0.29, 0.717) is 0 Å². The summed E-state index contributed by atoms with van der Waals surface area (Å²) in [7, 11) is 0. The zero-order valence-electron chi connectivity index (χ0n) is 21.5. The first-order chi connectivity index (χ1) is 18.0. The number of H-pyrrole nitrogens is 1. The number of piperazine rings is 1. The van der Waals surface area contributed by atoms with Crippen LogP contribution in [0.3, 0.4) is 0 Å². The minimum absolute atomic E-state index is 0.140. The van der Waals surface area contributed by atoms with Crippen LogP contribution in [-0.2, 0) is 5.41 Å². The predicted molar refractivity (Wildman–Crippen MR) is 144 cm³/mol. The lowest BCUT2D eigenvalue weighted by atomic mass is 9.64. The van der Waals surface area contributed by atoms with Gasteiger partial charge in [-0.15, -0.1) is 0 Å². The zero-order valence-corrected chi connectivity index (χ0v) is 21.5. The third-order valence-electron chi connectivity index (χ3n) is 7.58. The van der Waals surface area contributed by atoms with Crippen LogP contribution >= 0.6 is 0 Å². The smallest absolute Gasteiger partial charge is 0.137 e. The number of benzene rings is 3. The molecule has 5 rings (SSSR count). The second kappa shape index (κ2) is 11.0. The Kier molecular flexibility index (Phi) is 7.49. The minimum Gasteiger partial charge on any atom is -0.342 e. The normalized spacial score (nSPS) is 15.6. The molecule has 1 aromatic heterocycles. The molecule has 0 spiro atoms. The monoisotopic (exact) mass is 500 g/mol. The summed E-state index contributed by atoms with van der Waals surface area (Å²) in [5, 5.41) is 3.48. The fourth-order valence-corrected chi connectivity index (χ4v) is 5.93. The van der Waals surface area contributed by atoms with Crippen molar-refractivity contribution in [2.24, 2.45) is 0 Å². The molecule has 192 valence electrons. The molecule has 0 radical (unpaired) electrons. The van der Waals surface area contributed by atoms with E-state index in [1.54, 1.807) is 0 Å². The first-order valence-corrected chi connectivity index (χ1v) is 13.1. The van der Waals surface area contributed by atoms with Crippen LogP contribution in [0.25, 0.3) is 11.4 Å². The Bertz CT molecular complexity index is 1250. The molecule has 0 bridgehead atoms. The van der Waals surface area contributed by atoms with Gasteiger partial charge < -0.3 is 10.3 Å². The molecule has 2 heterocycles. The summed E-state index contributed by atoms with van der Waals surface area (Å²) in [5.41, 5.74) is 4.46. The number of aromatic amines is 1. The Morgan fingerprint density at radius 2 is 1.43 bits per heavy atom. The van der Waals surface area contributed by atoms with Gasteiger partial charge in [-0.2, -0.15) is 0 Å². The maximum Gasteiger partial charge on any atom is 0.137 e. The fourth-order valence-electron chi connectivity index (χ4n) is 5.93. The quantitative estimate of drug-likeness (QED) is 0.294. The van der Waals surface area contributed by atoms with Crippen LogP contribution < -0.4 is 5.32 Å². The largest absolute Gasteiger partial charge is 0.342 e. The first-order valence-electron chi connectivity index (χ1n) is 13.1. The van der Waals surface area contributed by atoms with Crippen molar-refractivity contribution in [1.82, 2.24) is 20.2 Å². The van der Waals surface area contributed by atoms with Gasteiger partial charge in [-0.1, -0.05) is 67.9 Å². The SMILES string of the molecule is CCCC(c1ccc(F)cc1)(c1ccc(F)cc1)C(c1nc(-c2ccccc2)[nH]c1C)N1CCNCC1. The van der Waals surface area contributed by atoms with Crippen LogP contribution in [0.5, 0.6) is 0 Å². The van der Waals surface area contributed by atoms with Gasteiger partial charge >= 0.3 is 0 Å². The highest BCUT2D eigenvalue weighted by Crippen LogP contribution is 2.50. The van der Waals surface area contributed by atoms with Crippen molar-refractivity contribution in [3.05, 3.63) is 113 Å². The molecule has 6 heteroatoms. The average molecular weight is 501 g/mol. The van der Waals surface area contributed by atoms with Crippen molar-refractivity contribution in [2.45, 2.75) is 38.1 Å². The van der Waals surface area contributed by atoms with Crippen LogP contribution in [0.2, 0.25) is 0 Å². The number of rotatable bonds is 8. The van der Waals surface area contributed by atoms with Crippen molar-refractivity contribution >= 4 is 0 Å². The van der Waals surface area contributed by atoms with Crippen molar-refractivity contribution < 1.29 is 8.78 Å². The van der Waals surface area contributed by atoms with Crippen LogP contribution in [0.4, 0.5) is 8.78 Å². The molecule has 1 aliphatic rings. The molecule has 0 aliphatic carbocycles. The number of hydrogen-bond acceptors (Lipinski definition) is 3. The summed E-state index contributed by atoms with van der Waals surface area (Å²) in [5.74, 6) is 0.292. The van der Waals surface area contributed by atoms with E-state index in [4.69, 9.17) is 4.98 Å². The molecule has 1 unspecified atom stereocenters. The van der Waals surface area contributed by atoms with Crippen LogP contribution in [0.1, 0.15) is 48.3 Å². The molecule has 4 nitrogen and oxygen atoms in total. The minimum atomic E-state index is -0.568. The maximum absolute atomic E-state index is 14.2. The van der Waals surface area contributed by atoms with E-state index in [1.165, 1.54) is 24.3 Å². The molecule has 0 amide bonds. The van der Waals surface area contributed by atoms with E-state index < -0.39 is 5.41 Å². The average Bonchev–Trinajstić information content (AvgIpc) is 3.31. The third kappa shape index (κ3) is 4.96. The third-order valence-corrected chi connectivity index (χ3v) is 7.58. The number of aromatic nitrogens is 2. The van der Waals surface area contributed by atoms with E-state index >= 15 is 0 Å². The van der Waals surface area contributed by atoms with Gasteiger partial charge in [0.2, 0.25) is 0 Å². The Balaban J connectivity index is 1.78. The molecule has 1 fully saturated rings. The van der Waals surface area contributed by atoms with Gasteiger partial charge in [-0.25, -0.2) is 13.8 Å². The van der Waals surface area contributed by atoms with Crippen LogP contribution in [0, 0.1) is 18.6 Å². The van der Waals surface area contributed by atoms with Crippen molar-refractivity contribution in [2.75, 3.05) is 26.2 Å². The summed E-state index contributed by atoms with van der Waals surface area (Å²) >= 11 is 0. The lowest BCUT2D eigenvalue weighted by Gasteiger charge is -2.48. The van der Waals surface area contributed by atoms with Gasteiger partial charge in [0.05, 0.1) is 11.7 Å². The van der Waals surface area contributed by atoms with Gasteiger partial charge in [0.1, 0.15) is 17.5 Å². The molecule has 1 aliphatic heterocycles. The zero-order chi connectivity index (χ0) is 25.8. The fraction of sp³-hybridized carbons (Fsp3) is 0.323. The molecular weight excluding hydrogens is 466 g/mol. The van der Waals surface area contributed by atoms with E-state index in [0.717, 1.165) is 72.9 Å². The first kappa shape index (κ1) is 25.3. The lowest BCUT2D eigenvalue weighted by molar-refractivity contribution is 0.110. The molecule has 2 N–H and O–H groups in total. The van der Waals surface area contributed by atoms with Crippen molar-refractivity contribution in [3.63, 3.8) is 0 Å².